The molecule has 23 heavy (non-hydrogen) atoms. The number of halogens is 1. The summed E-state index contributed by atoms with van der Waals surface area (Å²) in [5, 5.41) is 12.7. The molecule has 3 N–H and O–H groups in total. The Bertz CT molecular complexity index is 799. The molecule has 2 aliphatic rings. The van der Waals surface area contributed by atoms with Gasteiger partial charge >= 0.3 is 0 Å². The van der Waals surface area contributed by atoms with Crippen LogP contribution in [0.3, 0.4) is 0 Å². The highest BCUT2D eigenvalue weighted by Crippen LogP contribution is 2.45. The van der Waals surface area contributed by atoms with E-state index in [2.05, 4.69) is 41.2 Å². The molecule has 0 saturated heterocycles. The number of benzene rings is 1. The first kappa shape index (κ1) is 15.8. The number of Topliss-reactive ketones (excluding diaryl/α,β-unsaturated/α-hetero) is 1. The topological polar surface area (TPSA) is 78.9 Å². The van der Waals surface area contributed by atoms with E-state index >= 15 is 0 Å². The van der Waals surface area contributed by atoms with Gasteiger partial charge in [-0.05, 0) is 29.5 Å². The van der Waals surface area contributed by atoms with Crippen LogP contribution in [0.5, 0.6) is 0 Å². The summed E-state index contributed by atoms with van der Waals surface area (Å²) in [5.74, 6) is 0.0491. The van der Waals surface area contributed by atoms with E-state index in [1.807, 2.05) is 24.3 Å². The Morgan fingerprint density at radius 2 is 2.13 bits per heavy atom. The Morgan fingerprint density at radius 1 is 1.39 bits per heavy atom. The Labute approximate surface area is 144 Å². The van der Waals surface area contributed by atoms with Gasteiger partial charge in [-0.15, -0.1) is 0 Å². The van der Waals surface area contributed by atoms with Crippen molar-refractivity contribution >= 4 is 21.7 Å². The molecule has 118 valence electrons. The van der Waals surface area contributed by atoms with Gasteiger partial charge in [-0.25, -0.2) is 0 Å². The van der Waals surface area contributed by atoms with Crippen molar-refractivity contribution in [1.29, 1.82) is 5.26 Å². The highest BCUT2D eigenvalue weighted by Gasteiger charge is 2.41. The van der Waals surface area contributed by atoms with Gasteiger partial charge in [0, 0.05) is 22.2 Å². The van der Waals surface area contributed by atoms with E-state index in [0.717, 1.165) is 22.2 Å². The number of allylic oxidation sites excluding steroid dienone is 3. The Hall–Kier alpha value is -2.06. The minimum Gasteiger partial charge on any atom is -0.384 e. The van der Waals surface area contributed by atoms with Gasteiger partial charge in [0.15, 0.2) is 5.78 Å². The summed E-state index contributed by atoms with van der Waals surface area (Å²) < 4.78 is 0.912. The largest absolute Gasteiger partial charge is 0.384 e. The first-order chi connectivity index (χ1) is 10.8. The normalized spacial score (nSPS) is 23.2. The van der Waals surface area contributed by atoms with E-state index in [9.17, 15) is 10.1 Å². The molecule has 0 fully saturated rings. The average Bonchev–Trinajstić information content (AvgIpc) is 2.44. The summed E-state index contributed by atoms with van der Waals surface area (Å²) in [6, 6.07) is 9.89. The van der Waals surface area contributed by atoms with Crippen molar-refractivity contribution in [1.82, 2.24) is 5.32 Å². The van der Waals surface area contributed by atoms with Gasteiger partial charge < -0.3 is 11.1 Å². The fraction of sp³-hybridized carbons (Fsp3) is 0.333. The predicted molar refractivity (Wildman–Crippen MR) is 91.9 cm³/mol. The molecular weight excluding hydrogens is 354 g/mol. The molecule has 0 aromatic heterocycles. The van der Waals surface area contributed by atoms with Crippen LogP contribution in [-0.4, -0.2) is 5.78 Å². The molecule has 1 unspecified atom stereocenters. The first-order valence-corrected chi connectivity index (χ1v) is 8.30. The zero-order valence-electron chi connectivity index (χ0n) is 13.1. The maximum Gasteiger partial charge on any atom is 0.162 e. The zero-order chi connectivity index (χ0) is 16.8. The second-order valence-electron chi connectivity index (χ2n) is 6.89. The Morgan fingerprint density at radius 3 is 2.78 bits per heavy atom. The molecule has 0 saturated carbocycles. The number of nitrogens with zero attached hydrogens (tertiary/aromatic N) is 1. The highest BCUT2D eigenvalue weighted by molar-refractivity contribution is 9.10. The second-order valence-corrected chi connectivity index (χ2v) is 7.80. The Balaban J connectivity index is 2.19. The van der Waals surface area contributed by atoms with Crippen molar-refractivity contribution in [3.63, 3.8) is 0 Å². The van der Waals surface area contributed by atoms with Crippen molar-refractivity contribution in [3.05, 3.63) is 57.0 Å². The van der Waals surface area contributed by atoms with E-state index < -0.39 is 5.92 Å². The van der Waals surface area contributed by atoms with Crippen LogP contribution < -0.4 is 11.1 Å². The van der Waals surface area contributed by atoms with Crippen LogP contribution >= 0.6 is 15.9 Å². The lowest BCUT2D eigenvalue weighted by Crippen LogP contribution is -2.39. The fourth-order valence-electron chi connectivity index (χ4n) is 3.46. The van der Waals surface area contributed by atoms with Gasteiger partial charge in [-0.2, -0.15) is 5.26 Å². The first-order valence-electron chi connectivity index (χ1n) is 7.51. The Kier molecular flexibility index (Phi) is 3.81. The van der Waals surface area contributed by atoms with Crippen molar-refractivity contribution in [2.24, 2.45) is 11.1 Å². The van der Waals surface area contributed by atoms with Crippen molar-refractivity contribution in [2.45, 2.75) is 32.6 Å². The SMILES string of the molecule is CC1(C)CC(=O)C2=C(C1)NC(N)=C(C#N)C2c1cccc(Br)c1. The monoisotopic (exact) mass is 371 g/mol. The molecule has 1 aromatic carbocycles. The molecule has 1 aromatic rings. The molecule has 4 nitrogen and oxygen atoms in total. The van der Waals surface area contributed by atoms with Crippen molar-refractivity contribution in [2.75, 3.05) is 0 Å². The minimum atomic E-state index is -0.391. The lowest BCUT2D eigenvalue weighted by Gasteiger charge is -2.38. The molecular formula is C18H18BrN3O. The van der Waals surface area contributed by atoms with Crippen LogP contribution in [0.25, 0.3) is 0 Å². The lowest BCUT2D eigenvalue weighted by atomic mass is 9.69. The number of nitriles is 1. The van der Waals surface area contributed by atoms with Crippen LogP contribution in [0.15, 0.2) is 51.4 Å². The van der Waals surface area contributed by atoms with Crippen molar-refractivity contribution < 1.29 is 4.79 Å². The maximum atomic E-state index is 12.8. The molecule has 0 amide bonds. The van der Waals surface area contributed by atoms with E-state index in [0.29, 0.717) is 23.4 Å². The van der Waals surface area contributed by atoms with Crippen LogP contribution in [0.2, 0.25) is 0 Å². The smallest absolute Gasteiger partial charge is 0.162 e. The summed E-state index contributed by atoms with van der Waals surface area (Å²) in [6.45, 7) is 4.15. The highest BCUT2D eigenvalue weighted by atomic mass is 79.9. The van der Waals surface area contributed by atoms with Gasteiger partial charge in [-0.3, -0.25) is 4.79 Å². The molecule has 5 heteroatoms. The number of carbonyl (C=O) groups is 1. The van der Waals surface area contributed by atoms with Crippen LogP contribution in [0.4, 0.5) is 0 Å². The average molecular weight is 372 g/mol. The number of dihydropyridines is 1. The third-order valence-corrected chi connectivity index (χ3v) is 4.87. The van der Waals surface area contributed by atoms with Crippen molar-refractivity contribution in [3.8, 4) is 6.07 Å². The number of hydrogen-bond acceptors (Lipinski definition) is 4. The standard InChI is InChI=1S/C18H18BrN3O/c1-18(2)7-13-16(14(23)8-18)15(12(9-20)17(21)22-13)10-4-3-5-11(19)6-10/h3-6,15,22H,7-8,21H2,1-2H3. The van der Waals surface area contributed by atoms with Gasteiger partial charge in [0.1, 0.15) is 5.82 Å². The molecule has 3 rings (SSSR count). The van der Waals surface area contributed by atoms with E-state index in [4.69, 9.17) is 5.73 Å². The number of nitrogens with one attached hydrogen (secondary N) is 1. The van der Waals surface area contributed by atoms with E-state index in [-0.39, 0.29) is 11.2 Å². The molecule has 0 bridgehead atoms. The zero-order valence-corrected chi connectivity index (χ0v) is 14.7. The summed E-state index contributed by atoms with van der Waals surface area (Å²) in [6.07, 6.45) is 1.23. The van der Waals surface area contributed by atoms with Gasteiger partial charge in [0.05, 0.1) is 17.6 Å². The van der Waals surface area contributed by atoms with Crippen LogP contribution in [-0.2, 0) is 4.79 Å². The lowest BCUT2D eigenvalue weighted by molar-refractivity contribution is -0.118. The quantitative estimate of drug-likeness (QED) is 0.791. The van der Waals surface area contributed by atoms with E-state index in [1.54, 1.807) is 0 Å². The van der Waals surface area contributed by atoms with Gasteiger partial charge in [0.25, 0.3) is 0 Å². The fourth-order valence-corrected chi connectivity index (χ4v) is 3.87. The molecule has 1 heterocycles. The number of ketones is 1. The predicted octanol–water partition coefficient (Wildman–Crippen LogP) is 3.47. The third kappa shape index (κ3) is 2.79. The summed E-state index contributed by atoms with van der Waals surface area (Å²) in [7, 11) is 0. The molecule has 1 aliphatic carbocycles. The third-order valence-electron chi connectivity index (χ3n) is 4.38. The van der Waals surface area contributed by atoms with Gasteiger partial charge in [-0.1, -0.05) is 41.9 Å². The number of nitrogens with two attached hydrogens (primary N) is 1. The van der Waals surface area contributed by atoms with Crippen LogP contribution in [0, 0.1) is 16.7 Å². The van der Waals surface area contributed by atoms with E-state index in [1.165, 1.54) is 0 Å². The summed E-state index contributed by atoms with van der Waals surface area (Å²) >= 11 is 3.46. The molecule has 0 spiro atoms. The minimum absolute atomic E-state index is 0.0916. The maximum absolute atomic E-state index is 12.8. The molecule has 1 atom stereocenters. The summed E-state index contributed by atoms with van der Waals surface area (Å²) in [5.41, 5.74) is 8.84. The van der Waals surface area contributed by atoms with Crippen LogP contribution in [0.1, 0.15) is 38.2 Å². The van der Waals surface area contributed by atoms with Gasteiger partial charge in [0.2, 0.25) is 0 Å². The number of carbonyl (C=O) groups excluding carboxylic acids is 1. The number of hydrogen-bond donors (Lipinski definition) is 2. The molecule has 0 radical (unpaired) electrons. The summed E-state index contributed by atoms with van der Waals surface area (Å²) in [4.78, 5) is 12.8. The second kappa shape index (κ2) is 5.54. The number of rotatable bonds is 1. The molecule has 1 aliphatic heterocycles.